The van der Waals surface area contributed by atoms with E-state index in [2.05, 4.69) is 10.0 Å². The van der Waals surface area contributed by atoms with E-state index in [0.29, 0.717) is 29.3 Å². The highest BCUT2D eigenvalue weighted by Gasteiger charge is 2.29. The first kappa shape index (κ1) is 20.3. The summed E-state index contributed by atoms with van der Waals surface area (Å²) in [5, 5.41) is 4.73. The van der Waals surface area contributed by atoms with Gasteiger partial charge < -0.3 is 10.2 Å². The fourth-order valence-corrected chi connectivity index (χ4v) is 4.38. The van der Waals surface area contributed by atoms with E-state index >= 15 is 0 Å². The molecule has 2 aromatic rings. The van der Waals surface area contributed by atoms with Crippen molar-refractivity contribution in [2.24, 2.45) is 5.92 Å². The molecule has 150 valence electrons. The van der Waals surface area contributed by atoms with E-state index in [1.807, 2.05) is 11.4 Å². The number of anilines is 2. The van der Waals surface area contributed by atoms with Gasteiger partial charge in [-0.2, -0.15) is 0 Å². The minimum atomic E-state index is -3.33. The number of carbonyl (C=O) groups is 2. The van der Waals surface area contributed by atoms with Gasteiger partial charge in [-0.25, -0.2) is 8.42 Å². The molecule has 0 bridgehead atoms. The maximum absolute atomic E-state index is 12.6. The largest absolute Gasteiger partial charge is 0.337 e. The van der Waals surface area contributed by atoms with Gasteiger partial charge in [0.1, 0.15) is 0 Å². The summed E-state index contributed by atoms with van der Waals surface area (Å²) in [6, 6.07) is 10.2. The molecular weight excluding hydrogens is 398 g/mol. The highest BCUT2D eigenvalue weighted by molar-refractivity contribution is 7.92. The average Bonchev–Trinajstić information content (AvgIpc) is 3.23. The summed E-state index contributed by atoms with van der Waals surface area (Å²) in [5.74, 6) is -0.435. The maximum Gasteiger partial charge on any atom is 0.263 e. The Morgan fingerprint density at radius 3 is 2.54 bits per heavy atom. The van der Waals surface area contributed by atoms with E-state index < -0.39 is 10.0 Å². The summed E-state index contributed by atoms with van der Waals surface area (Å²) in [6.07, 6.45) is 1.52. The van der Waals surface area contributed by atoms with E-state index in [0.717, 1.165) is 12.8 Å². The lowest BCUT2D eigenvalue weighted by molar-refractivity contribution is -0.121. The van der Waals surface area contributed by atoms with Crippen molar-refractivity contribution in [2.75, 3.05) is 28.9 Å². The highest BCUT2D eigenvalue weighted by Crippen LogP contribution is 2.22. The molecule has 0 aliphatic carbocycles. The number of benzene rings is 1. The number of carbonyl (C=O) groups excluding carboxylic acids is 2. The normalized spacial score (nSPS) is 17.2. The van der Waals surface area contributed by atoms with Crippen molar-refractivity contribution in [3.05, 3.63) is 46.7 Å². The number of nitrogens with zero attached hydrogens (tertiary/aromatic N) is 1. The second-order valence-electron chi connectivity index (χ2n) is 6.64. The minimum absolute atomic E-state index is 0.00609. The minimum Gasteiger partial charge on any atom is -0.337 e. The number of piperidine rings is 1. The first-order valence-corrected chi connectivity index (χ1v) is 11.7. The quantitative estimate of drug-likeness (QED) is 0.749. The first-order valence-electron chi connectivity index (χ1n) is 9.12. The number of hydrogen-bond donors (Lipinski definition) is 2. The molecule has 1 aliphatic heterocycles. The maximum atomic E-state index is 12.6. The van der Waals surface area contributed by atoms with Crippen molar-refractivity contribution >= 4 is 44.5 Å². The molecule has 2 amide bonds. The van der Waals surface area contributed by atoms with Crippen LogP contribution in [0.5, 0.6) is 0 Å². The number of nitrogens with one attached hydrogen (secondary N) is 2. The number of amides is 2. The molecule has 0 saturated carbocycles. The molecule has 0 radical (unpaired) electrons. The molecule has 2 N–H and O–H groups in total. The predicted molar refractivity (Wildman–Crippen MR) is 111 cm³/mol. The van der Waals surface area contributed by atoms with Crippen LogP contribution in [0.2, 0.25) is 0 Å². The first-order chi connectivity index (χ1) is 13.4. The predicted octanol–water partition coefficient (Wildman–Crippen LogP) is 3.00. The molecule has 1 fully saturated rings. The lowest BCUT2D eigenvalue weighted by Crippen LogP contribution is -2.43. The average molecular weight is 422 g/mol. The molecule has 1 unspecified atom stereocenters. The smallest absolute Gasteiger partial charge is 0.263 e. The molecule has 1 aliphatic rings. The number of hydrogen-bond acceptors (Lipinski definition) is 5. The second kappa shape index (κ2) is 8.74. The number of sulfonamides is 1. The van der Waals surface area contributed by atoms with Crippen LogP contribution in [0.15, 0.2) is 41.8 Å². The summed E-state index contributed by atoms with van der Waals surface area (Å²) >= 11 is 1.40. The molecule has 0 spiro atoms. The van der Waals surface area contributed by atoms with Crippen LogP contribution in [0.4, 0.5) is 11.4 Å². The van der Waals surface area contributed by atoms with Crippen LogP contribution >= 0.6 is 11.3 Å². The van der Waals surface area contributed by atoms with Gasteiger partial charge >= 0.3 is 0 Å². The molecule has 7 nitrogen and oxygen atoms in total. The van der Waals surface area contributed by atoms with Gasteiger partial charge in [-0.1, -0.05) is 6.07 Å². The van der Waals surface area contributed by atoms with Crippen molar-refractivity contribution in [1.82, 2.24) is 4.90 Å². The van der Waals surface area contributed by atoms with Crippen LogP contribution in [0.3, 0.4) is 0 Å². The lowest BCUT2D eigenvalue weighted by atomic mass is 9.97. The topological polar surface area (TPSA) is 95.6 Å². The van der Waals surface area contributed by atoms with Crippen LogP contribution < -0.4 is 10.0 Å². The Hall–Kier alpha value is -2.39. The Morgan fingerprint density at radius 1 is 1.18 bits per heavy atom. The van der Waals surface area contributed by atoms with E-state index in [4.69, 9.17) is 0 Å². The fraction of sp³-hybridized carbons (Fsp3) is 0.368. The standard InChI is InChI=1S/C19H23N3O4S2/c1-2-28(25,26)21-16-9-7-15(8-10-16)20-18(23)14-5-3-11-22(13-14)19(24)17-6-4-12-27-17/h4,6-10,12,14,21H,2-3,5,11,13H2,1H3,(H,20,23). The second-order valence-corrected chi connectivity index (χ2v) is 9.60. The van der Waals surface area contributed by atoms with Gasteiger partial charge in [0, 0.05) is 24.5 Å². The Morgan fingerprint density at radius 2 is 1.89 bits per heavy atom. The van der Waals surface area contributed by atoms with Crippen LogP contribution in [-0.4, -0.2) is 44.0 Å². The van der Waals surface area contributed by atoms with E-state index in [1.165, 1.54) is 11.3 Å². The summed E-state index contributed by atoms with van der Waals surface area (Å²) in [6.45, 7) is 2.62. The third-order valence-electron chi connectivity index (χ3n) is 4.62. The zero-order chi connectivity index (χ0) is 20.1. The van der Waals surface area contributed by atoms with Gasteiger partial charge in [0.15, 0.2) is 0 Å². The molecule has 2 heterocycles. The van der Waals surface area contributed by atoms with Gasteiger partial charge in [-0.05, 0) is 55.5 Å². The van der Waals surface area contributed by atoms with E-state index in [-0.39, 0.29) is 23.5 Å². The van der Waals surface area contributed by atoms with Gasteiger partial charge in [-0.3, -0.25) is 14.3 Å². The third-order valence-corrected chi connectivity index (χ3v) is 6.78. The highest BCUT2D eigenvalue weighted by atomic mass is 32.2. The molecule has 1 aromatic carbocycles. The summed E-state index contributed by atoms with van der Waals surface area (Å²) < 4.78 is 25.7. The number of thiophene rings is 1. The van der Waals surface area contributed by atoms with Crippen molar-refractivity contribution in [1.29, 1.82) is 0 Å². The molecular formula is C19H23N3O4S2. The van der Waals surface area contributed by atoms with E-state index in [1.54, 1.807) is 42.2 Å². The Labute approximate surface area is 168 Å². The van der Waals surface area contributed by atoms with Gasteiger partial charge in [-0.15, -0.1) is 11.3 Å². The third kappa shape index (κ3) is 5.11. The monoisotopic (exact) mass is 421 g/mol. The molecule has 1 saturated heterocycles. The SMILES string of the molecule is CCS(=O)(=O)Nc1ccc(NC(=O)C2CCCN(C(=O)c3cccs3)C2)cc1. The van der Waals surface area contributed by atoms with Crippen molar-refractivity contribution in [3.63, 3.8) is 0 Å². The Kier molecular flexibility index (Phi) is 6.35. The Balaban J connectivity index is 1.59. The van der Waals surface area contributed by atoms with Gasteiger partial charge in [0.2, 0.25) is 15.9 Å². The zero-order valence-corrected chi connectivity index (χ0v) is 17.2. The van der Waals surface area contributed by atoms with Crippen molar-refractivity contribution < 1.29 is 18.0 Å². The van der Waals surface area contributed by atoms with Crippen LogP contribution in [0.1, 0.15) is 29.4 Å². The molecule has 1 atom stereocenters. The molecule has 3 rings (SSSR count). The molecule has 28 heavy (non-hydrogen) atoms. The zero-order valence-electron chi connectivity index (χ0n) is 15.6. The van der Waals surface area contributed by atoms with Crippen LogP contribution in [0, 0.1) is 5.92 Å². The molecule has 1 aromatic heterocycles. The van der Waals surface area contributed by atoms with Gasteiger partial charge in [0.25, 0.3) is 5.91 Å². The number of rotatable bonds is 6. The molecule has 9 heteroatoms. The van der Waals surface area contributed by atoms with E-state index in [9.17, 15) is 18.0 Å². The Bertz CT molecular complexity index is 925. The summed E-state index contributed by atoms with van der Waals surface area (Å²) in [4.78, 5) is 27.6. The fourth-order valence-electron chi connectivity index (χ4n) is 3.05. The number of likely N-dealkylation sites (tertiary alicyclic amines) is 1. The van der Waals surface area contributed by atoms with Crippen molar-refractivity contribution in [3.8, 4) is 0 Å². The van der Waals surface area contributed by atoms with Gasteiger partial charge in [0.05, 0.1) is 16.5 Å². The summed E-state index contributed by atoms with van der Waals surface area (Å²) in [7, 11) is -3.33. The summed E-state index contributed by atoms with van der Waals surface area (Å²) in [5.41, 5.74) is 1.04. The lowest BCUT2D eigenvalue weighted by Gasteiger charge is -2.31. The van der Waals surface area contributed by atoms with Crippen LogP contribution in [-0.2, 0) is 14.8 Å². The van der Waals surface area contributed by atoms with Crippen LogP contribution in [0.25, 0.3) is 0 Å². The van der Waals surface area contributed by atoms with Crippen molar-refractivity contribution in [2.45, 2.75) is 19.8 Å².